The topological polar surface area (TPSA) is 0 Å². The summed E-state index contributed by atoms with van der Waals surface area (Å²) in [6, 6.07) is 9.24. The molecule has 0 spiro atoms. The van der Waals surface area contributed by atoms with Crippen molar-refractivity contribution in [1.82, 2.24) is 0 Å². The summed E-state index contributed by atoms with van der Waals surface area (Å²) in [6.07, 6.45) is 18.3. The van der Waals surface area contributed by atoms with E-state index < -0.39 is 0 Å². The summed E-state index contributed by atoms with van der Waals surface area (Å²) in [5.41, 5.74) is 2.87. The van der Waals surface area contributed by atoms with E-state index >= 15 is 0 Å². The second-order valence-electron chi connectivity index (χ2n) is 6.28. The lowest BCUT2D eigenvalue weighted by molar-refractivity contribution is 0.579. The molecule has 1 saturated carbocycles. The highest BCUT2D eigenvalue weighted by molar-refractivity contribution is 5.50. The van der Waals surface area contributed by atoms with E-state index in [1.807, 2.05) is 0 Å². The van der Waals surface area contributed by atoms with Crippen LogP contribution < -0.4 is 0 Å². The first-order valence-electron chi connectivity index (χ1n) is 8.76. The lowest BCUT2D eigenvalue weighted by Crippen LogP contribution is -1.97. The molecule has 1 aliphatic rings. The monoisotopic (exact) mass is 282 g/mol. The summed E-state index contributed by atoms with van der Waals surface area (Å²) in [5, 5.41) is 0. The molecule has 0 saturated heterocycles. The number of hydrogen-bond donors (Lipinski definition) is 0. The van der Waals surface area contributed by atoms with Gasteiger partial charge in [0.25, 0.3) is 0 Å². The van der Waals surface area contributed by atoms with Crippen molar-refractivity contribution in [2.75, 3.05) is 0 Å². The first-order chi connectivity index (χ1) is 10.3. The minimum absolute atomic E-state index is 0.724. The molecule has 1 fully saturated rings. The predicted molar refractivity (Wildman–Crippen MR) is 94.5 cm³/mol. The van der Waals surface area contributed by atoms with Crippen molar-refractivity contribution in [1.29, 1.82) is 0 Å². The SMILES string of the molecule is CC/C=C\CCCC(CC)c1ccc(/C=C/C2CC2)cc1. The van der Waals surface area contributed by atoms with Gasteiger partial charge in [-0.05, 0) is 67.9 Å². The summed E-state index contributed by atoms with van der Waals surface area (Å²) in [6.45, 7) is 4.51. The van der Waals surface area contributed by atoms with E-state index in [1.54, 1.807) is 0 Å². The Balaban J connectivity index is 1.83. The highest BCUT2D eigenvalue weighted by atomic mass is 14.2. The van der Waals surface area contributed by atoms with Gasteiger partial charge < -0.3 is 0 Å². The third kappa shape index (κ3) is 5.91. The summed E-state index contributed by atoms with van der Waals surface area (Å²) in [5.74, 6) is 1.59. The van der Waals surface area contributed by atoms with Gasteiger partial charge in [0.15, 0.2) is 0 Å². The first kappa shape index (κ1) is 16.1. The van der Waals surface area contributed by atoms with E-state index in [4.69, 9.17) is 0 Å². The zero-order valence-electron chi connectivity index (χ0n) is 13.7. The largest absolute Gasteiger partial charge is 0.0888 e. The van der Waals surface area contributed by atoms with Crippen LogP contribution in [0, 0.1) is 5.92 Å². The molecule has 2 rings (SSSR count). The van der Waals surface area contributed by atoms with Crippen molar-refractivity contribution >= 4 is 6.08 Å². The molecule has 0 aliphatic heterocycles. The van der Waals surface area contributed by atoms with E-state index in [1.165, 1.54) is 49.7 Å². The van der Waals surface area contributed by atoms with E-state index in [0.717, 1.165) is 18.3 Å². The van der Waals surface area contributed by atoms with Gasteiger partial charge >= 0.3 is 0 Å². The van der Waals surface area contributed by atoms with Gasteiger partial charge in [-0.3, -0.25) is 0 Å². The second kappa shape index (κ2) is 8.87. The van der Waals surface area contributed by atoms with Crippen molar-refractivity contribution in [3.05, 3.63) is 53.6 Å². The van der Waals surface area contributed by atoms with Crippen LogP contribution in [0.15, 0.2) is 42.5 Å². The molecule has 1 unspecified atom stereocenters. The fourth-order valence-electron chi connectivity index (χ4n) is 2.79. The molecule has 1 aromatic carbocycles. The van der Waals surface area contributed by atoms with Crippen LogP contribution >= 0.6 is 0 Å². The van der Waals surface area contributed by atoms with Gasteiger partial charge in [0.05, 0.1) is 0 Å². The van der Waals surface area contributed by atoms with Crippen molar-refractivity contribution in [3.8, 4) is 0 Å². The third-order valence-corrected chi connectivity index (χ3v) is 4.41. The van der Waals surface area contributed by atoms with Crippen molar-refractivity contribution in [2.45, 2.75) is 64.7 Å². The minimum Gasteiger partial charge on any atom is -0.0888 e. The molecule has 0 heterocycles. The minimum atomic E-state index is 0.724. The predicted octanol–water partition coefficient (Wildman–Crippen LogP) is 6.74. The maximum atomic E-state index is 2.37. The molecule has 0 heteroatoms. The van der Waals surface area contributed by atoms with Crippen molar-refractivity contribution < 1.29 is 0 Å². The van der Waals surface area contributed by atoms with Crippen LogP contribution in [0.1, 0.15) is 75.8 Å². The van der Waals surface area contributed by atoms with E-state index in [0.29, 0.717) is 0 Å². The van der Waals surface area contributed by atoms with Crippen molar-refractivity contribution in [3.63, 3.8) is 0 Å². The number of hydrogen-bond acceptors (Lipinski definition) is 0. The van der Waals surface area contributed by atoms with E-state index in [-0.39, 0.29) is 0 Å². The Morgan fingerprint density at radius 3 is 2.48 bits per heavy atom. The third-order valence-electron chi connectivity index (χ3n) is 4.41. The number of unbranched alkanes of at least 4 members (excludes halogenated alkanes) is 1. The molecule has 1 aromatic rings. The molecule has 0 nitrogen and oxygen atoms in total. The molecular formula is C21H30. The Labute approximate surface area is 131 Å². The van der Waals surface area contributed by atoms with Gasteiger partial charge in [0.2, 0.25) is 0 Å². The Hall–Kier alpha value is -1.30. The van der Waals surface area contributed by atoms with E-state index in [9.17, 15) is 0 Å². The molecular weight excluding hydrogens is 252 g/mol. The van der Waals surface area contributed by atoms with Gasteiger partial charge in [-0.25, -0.2) is 0 Å². The van der Waals surface area contributed by atoms with Gasteiger partial charge in [0.1, 0.15) is 0 Å². The summed E-state index contributed by atoms with van der Waals surface area (Å²) < 4.78 is 0. The summed E-state index contributed by atoms with van der Waals surface area (Å²) in [7, 11) is 0. The van der Waals surface area contributed by atoms with Crippen LogP contribution in [-0.2, 0) is 0 Å². The lowest BCUT2D eigenvalue weighted by atomic mass is 9.90. The number of benzene rings is 1. The van der Waals surface area contributed by atoms with E-state index in [2.05, 4.69) is 62.4 Å². The Bertz CT molecular complexity index is 445. The van der Waals surface area contributed by atoms with Crippen LogP contribution in [0.5, 0.6) is 0 Å². The van der Waals surface area contributed by atoms with Crippen LogP contribution in [0.25, 0.3) is 6.08 Å². The lowest BCUT2D eigenvalue weighted by Gasteiger charge is -2.15. The quantitative estimate of drug-likeness (QED) is 0.347. The molecule has 21 heavy (non-hydrogen) atoms. The molecule has 0 aromatic heterocycles. The fraction of sp³-hybridized carbons (Fsp3) is 0.524. The molecule has 1 aliphatic carbocycles. The molecule has 0 bridgehead atoms. The van der Waals surface area contributed by atoms with Gasteiger partial charge in [-0.2, -0.15) is 0 Å². The van der Waals surface area contributed by atoms with Gasteiger partial charge in [0, 0.05) is 0 Å². The average molecular weight is 282 g/mol. The van der Waals surface area contributed by atoms with Crippen molar-refractivity contribution in [2.24, 2.45) is 5.92 Å². The molecule has 1 atom stereocenters. The van der Waals surface area contributed by atoms with Gasteiger partial charge in [-0.15, -0.1) is 0 Å². The molecule has 0 amide bonds. The van der Waals surface area contributed by atoms with Crippen LogP contribution in [0.4, 0.5) is 0 Å². The molecule has 114 valence electrons. The highest BCUT2D eigenvalue weighted by Crippen LogP contribution is 2.31. The molecule has 0 N–H and O–H groups in total. The maximum absolute atomic E-state index is 2.37. The summed E-state index contributed by atoms with van der Waals surface area (Å²) >= 11 is 0. The van der Waals surface area contributed by atoms with Crippen LogP contribution in [0.2, 0.25) is 0 Å². The first-order valence-corrected chi connectivity index (χ1v) is 8.76. The summed E-state index contributed by atoms with van der Waals surface area (Å²) in [4.78, 5) is 0. The Kier molecular flexibility index (Phi) is 6.79. The normalized spacial score (nSPS) is 16.9. The number of rotatable bonds is 9. The fourth-order valence-corrected chi connectivity index (χ4v) is 2.79. The van der Waals surface area contributed by atoms with Crippen LogP contribution in [-0.4, -0.2) is 0 Å². The zero-order chi connectivity index (χ0) is 14.9. The number of allylic oxidation sites excluding steroid dienone is 3. The average Bonchev–Trinajstić information content (AvgIpc) is 3.34. The smallest absolute Gasteiger partial charge is 0.0164 e. The Morgan fingerprint density at radius 1 is 1.10 bits per heavy atom. The van der Waals surface area contributed by atoms with Gasteiger partial charge in [-0.1, -0.05) is 62.4 Å². The highest BCUT2D eigenvalue weighted by Gasteiger charge is 2.16. The second-order valence-corrected chi connectivity index (χ2v) is 6.28. The Morgan fingerprint density at radius 2 is 1.86 bits per heavy atom. The van der Waals surface area contributed by atoms with Crippen LogP contribution in [0.3, 0.4) is 0 Å². The standard InChI is InChI=1S/C21H30/c1-3-5-6-7-8-9-20(4-2)21-16-14-19(15-17-21)13-12-18-10-11-18/h5-6,12-18,20H,3-4,7-11H2,1-2H3/b6-5-,13-12+. The maximum Gasteiger partial charge on any atom is -0.0164 e. The molecule has 0 radical (unpaired) electrons. The zero-order valence-corrected chi connectivity index (χ0v) is 13.7.